The molecule has 0 spiro atoms. The van der Waals surface area contributed by atoms with Crippen LogP contribution in [0.15, 0.2) is 29.6 Å². The van der Waals surface area contributed by atoms with E-state index in [9.17, 15) is 9.18 Å². The Balaban J connectivity index is 2.18. The number of amides is 1. The maximum Gasteiger partial charge on any atom is 0.236 e. The Labute approximate surface area is 110 Å². The molecule has 0 bridgehead atoms. The van der Waals surface area contributed by atoms with Crippen molar-refractivity contribution in [2.24, 2.45) is 0 Å². The first-order chi connectivity index (χ1) is 8.19. The molecule has 0 aliphatic rings. The first-order valence-electron chi connectivity index (χ1n) is 4.76. The van der Waals surface area contributed by atoms with E-state index in [0.717, 1.165) is 11.3 Å². The summed E-state index contributed by atoms with van der Waals surface area (Å²) in [6.07, 6.45) is 0. The van der Waals surface area contributed by atoms with E-state index in [4.69, 9.17) is 0 Å². The van der Waals surface area contributed by atoms with Crippen molar-refractivity contribution >= 4 is 38.3 Å². The molecule has 3 nitrogen and oxygen atoms in total. The topological polar surface area (TPSA) is 42.0 Å². The van der Waals surface area contributed by atoms with Crippen LogP contribution in [0.5, 0.6) is 0 Å². The molecule has 0 saturated heterocycles. The van der Waals surface area contributed by atoms with Crippen LogP contribution < -0.4 is 5.32 Å². The van der Waals surface area contributed by atoms with Crippen molar-refractivity contribution in [3.63, 3.8) is 0 Å². The molecule has 1 aromatic heterocycles. The van der Waals surface area contributed by atoms with Gasteiger partial charge in [0.05, 0.1) is 11.0 Å². The van der Waals surface area contributed by atoms with E-state index < -0.39 is 0 Å². The zero-order chi connectivity index (χ0) is 12.3. The van der Waals surface area contributed by atoms with Crippen molar-refractivity contribution < 1.29 is 9.18 Å². The number of alkyl halides is 1. The van der Waals surface area contributed by atoms with E-state index in [1.807, 2.05) is 5.38 Å². The summed E-state index contributed by atoms with van der Waals surface area (Å²) in [7, 11) is 0. The molecule has 1 amide bonds. The first kappa shape index (κ1) is 12.2. The zero-order valence-corrected chi connectivity index (χ0v) is 11.0. The second-order valence-electron chi connectivity index (χ2n) is 3.23. The van der Waals surface area contributed by atoms with E-state index in [2.05, 4.69) is 26.2 Å². The maximum atomic E-state index is 12.7. The Hall–Kier alpha value is -1.27. The van der Waals surface area contributed by atoms with Gasteiger partial charge in [-0.25, -0.2) is 9.37 Å². The number of hydrogen-bond acceptors (Lipinski definition) is 3. The zero-order valence-electron chi connectivity index (χ0n) is 8.61. The molecule has 0 aliphatic carbocycles. The third-order valence-electron chi connectivity index (χ3n) is 2.01. The van der Waals surface area contributed by atoms with Crippen molar-refractivity contribution in [3.8, 4) is 11.3 Å². The van der Waals surface area contributed by atoms with Crippen LogP contribution in [0, 0.1) is 5.82 Å². The normalized spacial score (nSPS) is 10.2. The van der Waals surface area contributed by atoms with Crippen LogP contribution >= 0.6 is 27.3 Å². The fraction of sp³-hybridized carbons (Fsp3) is 0.0909. The number of carbonyl (C=O) groups is 1. The third kappa shape index (κ3) is 3.10. The monoisotopic (exact) mass is 314 g/mol. The van der Waals surface area contributed by atoms with Crippen molar-refractivity contribution in [2.45, 2.75) is 0 Å². The van der Waals surface area contributed by atoms with E-state index in [-0.39, 0.29) is 17.1 Å². The van der Waals surface area contributed by atoms with Crippen LogP contribution in [0.1, 0.15) is 0 Å². The molecule has 0 aliphatic heterocycles. The van der Waals surface area contributed by atoms with Crippen molar-refractivity contribution in [1.82, 2.24) is 4.98 Å². The Kier molecular flexibility index (Phi) is 3.86. The molecule has 1 aromatic carbocycles. The fourth-order valence-corrected chi connectivity index (χ4v) is 2.11. The van der Waals surface area contributed by atoms with Gasteiger partial charge in [0.15, 0.2) is 5.13 Å². The molecule has 2 aromatic rings. The highest BCUT2D eigenvalue weighted by atomic mass is 79.9. The SMILES string of the molecule is O=C(CBr)Nc1nc(-c2ccc(F)cc2)cs1. The number of rotatable bonds is 3. The summed E-state index contributed by atoms with van der Waals surface area (Å²) >= 11 is 4.39. The molecule has 1 heterocycles. The standard InChI is InChI=1S/C11H8BrFN2OS/c12-5-10(16)15-11-14-9(6-17-11)7-1-3-8(13)4-2-7/h1-4,6H,5H2,(H,14,15,16). The molecule has 2 rings (SSSR count). The van der Waals surface area contributed by atoms with Gasteiger partial charge in [0.25, 0.3) is 0 Å². The molecule has 0 radical (unpaired) electrons. The lowest BCUT2D eigenvalue weighted by Gasteiger charge is -1.97. The molecule has 0 unspecified atom stereocenters. The second kappa shape index (κ2) is 5.37. The number of nitrogens with zero attached hydrogens (tertiary/aromatic N) is 1. The highest BCUT2D eigenvalue weighted by Crippen LogP contribution is 2.24. The molecule has 0 atom stereocenters. The number of benzene rings is 1. The minimum atomic E-state index is -0.281. The summed E-state index contributed by atoms with van der Waals surface area (Å²) in [6, 6.07) is 6.07. The maximum absolute atomic E-state index is 12.7. The summed E-state index contributed by atoms with van der Waals surface area (Å²) in [5.74, 6) is -0.429. The molecular weight excluding hydrogens is 307 g/mol. The Morgan fingerprint density at radius 2 is 2.12 bits per heavy atom. The lowest BCUT2D eigenvalue weighted by molar-refractivity contribution is -0.113. The van der Waals surface area contributed by atoms with Crippen LogP contribution in [-0.4, -0.2) is 16.2 Å². The van der Waals surface area contributed by atoms with Gasteiger partial charge >= 0.3 is 0 Å². The van der Waals surface area contributed by atoms with Gasteiger partial charge in [-0.05, 0) is 24.3 Å². The Morgan fingerprint density at radius 1 is 1.41 bits per heavy atom. The summed E-state index contributed by atoms with van der Waals surface area (Å²) in [5.41, 5.74) is 1.54. The number of hydrogen-bond donors (Lipinski definition) is 1. The highest BCUT2D eigenvalue weighted by Gasteiger charge is 2.06. The smallest absolute Gasteiger partial charge is 0.236 e. The molecule has 17 heavy (non-hydrogen) atoms. The lowest BCUT2D eigenvalue weighted by Crippen LogP contribution is -2.11. The van der Waals surface area contributed by atoms with Gasteiger partial charge < -0.3 is 5.32 Å². The Morgan fingerprint density at radius 3 is 2.76 bits per heavy atom. The van der Waals surface area contributed by atoms with Crippen molar-refractivity contribution in [3.05, 3.63) is 35.5 Å². The van der Waals surface area contributed by atoms with Gasteiger partial charge in [-0.1, -0.05) is 15.9 Å². The van der Waals surface area contributed by atoms with Crippen molar-refractivity contribution in [1.29, 1.82) is 0 Å². The second-order valence-corrected chi connectivity index (χ2v) is 4.65. The van der Waals surface area contributed by atoms with E-state index in [1.165, 1.54) is 23.5 Å². The number of carbonyl (C=O) groups excluding carboxylic acids is 1. The molecule has 88 valence electrons. The van der Waals surface area contributed by atoms with Crippen LogP contribution in [0.2, 0.25) is 0 Å². The summed E-state index contributed by atoms with van der Waals surface area (Å²) in [6.45, 7) is 0. The van der Waals surface area contributed by atoms with Gasteiger partial charge in [-0.2, -0.15) is 0 Å². The third-order valence-corrected chi connectivity index (χ3v) is 3.28. The van der Waals surface area contributed by atoms with Gasteiger partial charge in [-0.3, -0.25) is 4.79 Å². The van der Waals surface area contributed by atoms with Gasteiger partial charge in [0.1, 0.15) is 5.82 Å². The number of aromatic nitrogens is 1. The van der Waals surface area contributed by atoms with E-state index in [0.29, 0.717) is 5.13 Å². The number of anilines is 1. The number of halogens is 2. The van der Waals surface area contributed by atoms with Crippen LogP contribution in [-0.2, 0) is 4.79 Å². The summed E-state index contributed by atoms with van der Waals surface area (Å²) in [4.78, 5) is 15.4. The average Bonchev–Trinajstić information content (AvgIpc) is 2.78. The molecule has 0 saturated carbocycles. The van der Waals surface area contributed by atoms with E-state index >= 15 is 0 Å². The van der Waals surface area contributed by atoms with Crippen LogP contribution in [0.4, 0.5) is 9.52 Å². The van der Waals surface area contributed by atoms with Crippen LogP contribution in [0.3, 0.4) is 0 Å². The van der Waals surface area contributed by atoms with Gasteiger partial charge in [0.2, 0.25) is 5.91 Å². The number of nitrogens with one attached hydrogen (secondary N) is 1. The summed E-state index contributed by atoms with van der Waals surface area (Å²) in [5, 5.41) is 5.23. The molecule has 0 fully saturated rings. The van der Waals surface area contributed by atoms with Gasteiger partial charge in [-0.15, -0.1) is 11.3 Å². The Bertz CT molecular complexity index is 527. The summed E-state index contributed by atoms with van der Waals surface area (Å²) < 4.78 is 12.7. The molecule has 6 heteroatoms. The minimum Gasteiger partial charge on any atom is -0.301 e. The van der Waals surface area contributed by atoms with Gasteiger partial charge in [0, 0.05) is 10.9 Å². The number of thiazole rings is 1. The minimum absolute atomic E-state index is 0.148. The first-order valence-corrected chi connectivity index (χ1v) is 6.76. The van der Waals surface area contributed by atoms with Crippen molar-refractivity contribution in [2.75, 3.05) is 10.6 Å². The van der Waals surface area contributed by atoms with E-state index in [1.54, 1.807) is 12.1 Å². The molecule has 1 N–H and O–H groups in total. The largest absolute Gasteiger partial charge is 0.301 e. The van der Waals surface area contributed by atoms with Crippen LogP contribution in [0.25, 0.3) is 11.3 Å². The quantitative estimate of drug-likeness (QED) is 0.883. The average molecular weight is 315 g/mol. The fourth-order valence-electron chi connectivity index (χ4n) is 1.24. The lowest BCUT2D eigenvalue weighted by atomic mass is 10.2. The predicted molar refractivity (Wildman–Crippen MR) is 69.9 cm³/mol. The molecular formula is C11H8BrFN2OS. The highest BCUT2D eigenvalue weighted by molar-refractivity contribution is 9.09. The predicted octanol–water partition coefficient (Wildman–Crippen LogP) is 3.28.